The molecule has 0 bridgehead atoms. The van der Waals surface area contributed by atoms with Gasteiger partial charge in [0, 0.05) is 5.02 Å². The van der Waals surface area contributed by atoms with Crippen LogP contribution in [-0.4, -0.2) is 44.3 Å². The summed E-state index contributed by atoms with van der Waals surface area (Å²) in [5, 5.41) is 6.65. The number of esters is 1. The lowest BCUT2D eigenvalue weighted by atomic mass is 10.2. The number of benzene rings is 2. The van der Waals surface area contributed by atoms with Gasteiger partial charge in [-0.1, -0.05) is 23.4 Å². The number of amides is 1. The molecule has 182 valence electrons. The number of carbonyl (C=O) groups excluding carboxylic acids is 2. The Labute approximate surface area is 215 Å². The van der Waals surface area contributed by atoms with Gasteiger partial charge in [-0.3, -0.25) is 4.79 Å². The van der Waals surface area contributed by atoms with Crippen LogP contribution >= 0.6 is 39.3 Å². The number of halogens is 2. The summed E-state index contributed by atoms with van der Waals surface area (Å²) in [5.74, 6) is 0.737. The van der Waals surface area contributed by atoms with E-state index in [9.17, 15) is 9.59 Å². The van der Waals surface area contributed by atoms with Crippen LogP contribution in [0.4, 0.5) is 5.69 Å². The van der Waals surface area contributed by atoms with Gasteiger partial charge in [0.05, 0.1) is 35.4 Å². The molecule has 0 aliphatic carbocycles. The predicted molar refractivity (Wildman–Crippen MR) is 137 cm³/mol. The summed E-state index contributed by atoms with van der Waals surface area (Å²) in [7, 11) is 1.56. The zero-order valence-electron chi connectivity index (χ0n) is 18.8. The summed E-state index contributed by atoms with van der Waals surface area (Å²) in [6.45, 7) is 3.99. The van der Waals surface area contributed by atoms with Crippen LogP contribution in [0.1, 0.15) is 19.4 Å². The van der Waals surface area contributed by atoms with Crippen molar-refractivity contribution in [3.63, 3.8) is 0 Å². The van der Waals surface area contributed by atoms with E-state index in [4.69, 9.17) is 30.5 Å². The van der Waals surface area contributed by atoms with Crippen molar-refractivity contribution in [1.82, 2.24) is 5.32 Å². The van der Waals surface area contributed by atoms with E-state index < -0.39 is 11.5 Å². The fourth-order valence-corrected chi connectivity index (χ4v) is 4.78. The van der Waals surface area contributed by atoms with Gasteiger partial charge < -0.3 is 29.6 Å². The zero-order chi connectivity index (χ0) is 24.7. The average molecular weight is 572 g/mol. The summed E-state index contributed by atoms with van der Waals surface area (Å²) in [5.41, 5.74) is 0.976. The third kappa shape index (κ3) is 6.74. The van der Waals surface area contributed by atoms with Crippen molar-refractivity contribution in [3.8, 4) is 17.2 Å². The second kappa shape index (κ2) is 12.2. The molecule has 0 radical (unpaired) electrons. The molecule has 1 saturated heterocycles. The molecule has 2 N–H and O–H groups in total. The highest BCUT2D eigenvalue weighted by molar-refractivity contribution is 9.10. The SMILES string of the molecule is CCOC(=O)COc1c(Br)cc(/C=C2\SC(Nc3cc(Cl)ccc3OC)NC2=O)cc1OCC. The molecule has 1 aliphatic rings. The van der Waals surface area contributed by atoms with Crippen LogP contribution in [0.3, 0.4) is 0 Å². The molecule has 1 atom stereocenters. The van der Waals surface area contributed by atoms with Gasteiger partial charge in [-0.25, -0.2) is 4.79 Å². The number of hydrogen-bond acceptors (Lipinski definition) is 8. The largest absolute Gasteiger partial charge is 0.495 e. The Morgan fingerprint density at radius 1 is 1.21 bits per heavy atom. The summed E-state index contributed by atoms with van der Waals surface area (Å²) in [4.78, 5) is 24.8. The minimum Gasteiger partial charge on any atom is -0.495 e. The number of anilines is 1. The van der Waals surface area contributed by atoms with Crippen LogP contribution < -0.4 is 24.8 Å². The monoisotopic (exact) mass is 570 g/mol. The molecular weight excluding hydrogens is 548 g/mol. The summed E-state index contributed by atoms with van der Waals surface area (Å²) in [6.07, 6.45) is 1.75. The van der Waals surface area contributed by atoms with E-state index in [-0.39, 0.29) is 19.1 Å². The van der Waals surface area contributed by atoms with Crippen molar-refractivity contribution in [2.75, 3.05) is 32.2 Å². The first-order valence-corrected chi connectivity index (χ1v) is 12.4. The number of hydrogen-bond donors (Lipinski definition) is 2. The highest BCUT2D eigenvalue weighted by Gasteiger charge is 2.28. The molecule has 1 heterocycles. The zero-order valence-corrected chi connectivity index (χ0v) is 21.9. The maximum Gasteiger partial charge on any atom is 0.344 e. The summed E-state index contributed by atoms with van der Waals surface area (Å²) >= 11 is 10.9. The first kappa shape index (κ1) is 26.1. The third-order valence-electron chi connectivity index (χ3n) is 4.45. The van der Waals surface area contributed by atoms with Crippen molar-refractivity contribution in [3.05, 3.63) is 50.3 Å². The Morgan fingerprint density at radius 2 is 2.00 bits per heavy atom. The van der Waals surface area contributed by atoms with Gasteiger partial charge in [-0.15, -0.1) is 0 Å². The van der Waals surface area contributed by atoms with E-state index in [2.05, 4.69) is 26.6 Å². The summed E-state index contributed by atoms with van der Waals surface area (Å²) < 4.78 is 22.1. The van der Waals surface area contributed by atoms with Gasteiger partial charge in [-0.05, 0) is 71.7 Å². The highest BCUT2D eigenvalue weighted by Crippen LogP contribution is 2.39. The average Bonchev–Trinajstić information content (AvgIpc) is 3.12. The third-order valence-corrected chi connectivity index (χ3v) is 6.30. The molecule has 2 aromatic carbocycles. The molecule has 1 unspecified atom stereocenters. The lowest BCUT2D eigenvalue weighted by Gasteiger charge is -2.16. The maximum absolute atomic E-state index is 12.6. The molecule has 1 amide bonds. The predicted octanol–water partition coefficient (Wildman–Crippen LogP) is 5.05. The normalized spacial score (nSPS) is 16.2. The number of rotatable bonds is 10. The minimum absolute atomic E-state index is 0.222. The summed E-state index contributed by atoms with van der Waals surface area (Å²) in [6, 6.07) is 8.74. The van der Waals surface area contributed by atoms with Crippen LogP contribution in [0.5, 0.6) is 17.2 Å². The standard InChI is InChI=1S/C23H24BrClN2O6S/c1-4-31-18-9-13(8-15(24)21(18)33-12-20(28)32-5-2)10-19-22(29)27-23(34-19)26-16-11-14(25)6-7-17(16)30-3/h6-11,23,26H,4-5,12H2,1-3H3,(H,27,29)/b19-10-. The second-order valence-electron chi connectivity index (χ2n) is 6.83. The van der Waals surface area contributed by atoms with Crippen LogP contribution in [0.25, 0.3) is 6.08 Å². The van der Waals surface area contributed by atoms with Gasteiger partial charge in [0.15, 0.2) is 23.6 Å². The van der Waals surface area contributed by atoms with E-state index in [0.29, 0.717) is 43.9 Å². The fraction of sp³-hybridized carbons (Fsp3) is 0.304. The topological polar surface area (TPSA) is 95.1 Å². The molecule has 1 aliphatic heterocycles. The minimum atomic E-state index is -0.475. The van der Waals surface area contributed by atoms with E-state index >= 15 is 0 Å². The number of methoxy groups -OCH3 is 1. The number of carbonyl (C=O) groups is 2. The molecule has 3 rings (SSSR count). The smallest absolute Gasteiger partial charge is 0.344 e. The molecule has 1 fully saturated rings. The Balaban J connectivity index is 1.78. The molecular formula is C23H24BrClN2O6S. The van der Waals surface area contributed by atoms with Crippen LogP contribution in [0.2, 0.25) is 5.02 Å². The molecule has 2 aromatic rings. The Morgan fingerprint density at radius 3 is 2.71 bits per heavy atom. The number of nitrogens with one attached hydrogen (secondary N) is 2. The van der Waals surface area contributed by atoms with Gasteiger partial charge in [-0.2, -0.15) is 0 Å². The van der Waals surface area contributed by atoms with Crippen molar-refractivity contribution >= 4 is 62.9 Å². The van der Waals surface area contributed by atoms with Crippen molar-refractivity contribution in [1.29, 1.82) is 0 Å². The van der Waals surface area contributed by atoms with Crippen molar-refractivity contribution in [2.45, 2.75) is 19.3 Å². The lowest BCUT2D eigenvalue weighted by molar-refractivity contribution is -0.145. The second-order valence-corrected chi connectivity index (χ2v) is 9.26. The lowest BCUT2D eigenvalue weighted by Crippen LogP contribution is -2.31. The number of ether oxygens (including phenoxy) is 4. The Hall–Kier alpha value is -2.56. The van der Waals surface area contributed by atoms with E-state index in [1.54, 1.807) is 50.4 Å². The van der Waals surface area contributed by atoms with Crippen LogP contribution in [0, 0.1) is 0 Å². The first-order chi connectivity index (χ1) is 16.3. The molecule has 34 heavy (non-hydrogen) atoms. The van der Waals surface area contributed by atoms with Gasteiger partial charge in [0.2, 0.25) is 0 Å². The molecule has 0 aromatic heterocycles. The van der Waals surface area contributed by atoms with Gasteiger partial charge >= 0.3 is 5.97 Å². The quantitative estimate of drug-likeness (QED) is 0.302. The fourth-order valence-electron chi connectivity index (χ4n) is 3.06. The van der Waals surface area contributed by atoms with Gasteiger partial charge in [0.25, 0.3) is 5.91 Å². The highest BCUT2D eigenvalue weighted by atomic mass is 79.9. The molecule has 0 saturated carbocycles. The van der Waals surface area contributed by atoms with Gasteiger partial charge in [0.1, 0.15) is 5.75 Å². The first-order valence-electron chi connectivity index (χ1n) is 10.4. The van der Waals surface area contributed by atoms with Crippen LogP contribution in [-0.2, 0) is 14.3 Å². The Kier molecular flexibility index (Phi) is 9.37. The van der Waals surface area contributed by atoms with Crippen molar-refractivity contribution in [2.24, 2.45) is 0 Å². The molecule has 0 spiro atoms. The Bertz CT molecular complexity index is 1100. The van der Waals surface area contributed by atoms with E-state index in [1.807, 2.05) is 6.92 Å². The molecule has 8 nitrogen and oxygen atoms in total. The van der Waals surface area contributed by atoms with Crippen molar-refractivity contribution < 1.29 is 28.5 Å². The van der Waals surface area contributed by atoms with E-state index in [0.717, 1.165) is 5.56 Å². The maximum atomic E-state index is 12.6. The van der Waals surface area contributed by atoms with Crippen LogP contribution in [0.15, 0.2) is 39.7 Å². The van der Waals surface area contributed by atoms with E-state index in [1.165, 1.54) is 11.8 Å². The number of thioether (sulfide) groups is 1. The molecule has 11 heteroatoms.